The molecule has 4 nitrogen and oxygen atoms in total. The highest BCUT2D eigenvalue weighted by Crippen LogP contribution is 2.25. The number of nitrogens with zero attached hydrogens (tertiary/aromatic N) is 3. The van der Waals surface area contributed by atoms with Gasteiger partial charge in [0.25, 0.3) is 0 Å². The van der Waals surface area contributed by atoms with E-state index in [4.69, 9.17) is 11.6 Å². The summed E-state index contributed by atoms with van der Waals surface area (Å²) in [6.45, 7) is 1.74. The molecule has 0 atom stereocenters. The fourth-order valence-corrected chi connectivity index (χ4v) is 2.52. The normalized spacial score (nSPS) is 11.0. The summed E-state index contributed by atoms with van der Waals surface area (Å²) >= 11 is 6.06. The van der Waals surface area contributed by atoms with Gasteiger partial charge < -0.3 is 0 Å². The molecule has 3 aromatic rings. The molecule has 1 aromatic heterocycles. The van der Waals surface area contributed by atoms with Gasteiger partial charge in [0.05, 0.1) is 11.3 Å². The van der Waals surface area contributed by atoms with Gasteiger partial charge in [0.2, 0.25) is 0 Å². The summed E-state index contributed by atoms with van der Waals surface area (Å²) in [5.41, 5.74) is 0.245. The quantitative estimate of drug-likeness (QED) is 0.719. The van der Waals surface area contributed by atoms with Crippen molar-refractivity contribution in [2.45, 2.75) is 6.92 Å². The zero-order valence-corrected chi connectivity index (χ0v) is 13.1. The van der Waals surface area contributed by atoms with Gasteiger partial charge in [-0.1, -0.05) is 23.7 Å². The molecule has 0 fully saturated rings. The first-order valence-electron chi connectivity index (χ1n) is 6.77. The Morgan fingerprint density at radius 1 is 1.09 bits per heavy atom. The van der Waals surface area contributed by atoms with Crippen LogP contribution in [0, 0.1) is 18.6 Å². The highest BCUT2D eigenvalue weighted by atomic mass is 35.5. The smallest absolute Gasteiger partial charge is 0.278 e. The lowest BCUT2D eigenvalue weighted by atomic mass is 10.2. The summed E-state index contributed by atoms with van der Waals surface area (Å²) in [5, 5.41) is 4.57. The lowest BCUT2D eigenvalue weighted by Crippen LogP contribution is -2.22. The van der Waals surface area contributed by atoms with E-state index in [0.29, 0.717) is 16.3 Å². The molecule has 0 saturated carbocycles. The second-order valence-corrected chi connectivity index (χ2v) is 5.46. The van der Waals surface area contributed by atoms with E-state index < -0.39 is 17.3 Å². The molecule has 0 bridgehead atoms. The Morgan fingerprint density at radius 2 is 1.70 bits per heavy atom. The predicted octanol–water partition coefficient (Wildman–Crippen LogP) is 3.48. The molecule has 2 aromatic carbocycles. The van der Waals surface area contributed by atoms with Gasteiger partial charge in [-0.05, 0) is 36.8 Å². The van der Waals surface area contributed by atoms with Gasteiger partial charge in [0.15, 0.2) is 5.82 Å². The van der Waals surface area contributed by atoms with Crippen LogP contribution in [0.1, 0.15) is 5.56 Å². The van der Waals surface area contributed by atoms with E-state index in [1.54, 1.807) is 25.1 Å². The van der Waals surface area contributed by atoms with E-state index in [1.165, 1.54) is 13.1 Å². The van der Waals surface area contributed by atoms with E-state index in [1.807, 2.05) is 0 Å². The van der Waals surface area contributed by atoms with Gasteiger partial charge in [-0.25, -0.2) is 13.6 Å². The second kappa shape index (κ2) is 5.62. The van der Waals surface area contributed by atoms with Gasteiger partial charge in [0, 0.05) is 12.1 Å². The van der Waals surface area contributed by atoms with Crippen molar-refractivity contribution in [1.82, 2.24) is 14.3 Å². The Hall–Kier alpha value is -2.47. The number of benzene rings is 2. The molecule has 0 unspecified atom stereocenters. The fourth-order valence-electron chi connectivity index (χ4n) is 2.35. The van der Waals surface area contributed by atoms with Crippen LogP contribution < -0.4 is 5.69 Å². The van der Waals surface area contributed by atoms with Crippen LogP contribution in [0.25, 0.3) is 17.1 Å². The van der Waals surface area contributed by atoms with Gasteiger partial charge in [-0.15, -0.1) is 5.10 Å². The third kappa shape index (κ3) is 2.45. The van der Waals surface area contributed by atoms with Crippen molar-refractivity contribution in [2.24, 2.45) is 7.05 Å². The molecular formula is C16H12ClF2N3O. The van der Waals surface area contributed by atoms with Crippen molar-refractivity contribution >= 4 is 11.6 Å². The average molecular weight is 336 g/mol. The lowest BCUT2D eigenvalue weighted by molar-refractivity contribution is 0.585. The van der Waals surface area contributed by atoms with E-state index in [0.717, 1.165) is 21.4 Å². The minimum atomic E-state index is -0.784. The molecule has 3 rings (SSSR count). The summed E-state index contributed by atoms with van der Waals surface area (Å²) in [5.74, 6) is -1.66. The molecule has 0 aliphatic heterocycles. The Labute approximate surface area is 135 Å². The predicted molar refractivity (Wildman–Crippen MR) is 83.9 cm³/mol. The van der Waals surface area contributed by atoms with Crippen molar-refractivity contribution in [2.75, 3.05) is 0 Å². The van der Waals surface area contributed by atoms with Crippen molar-refractivity contribution in [1.29, 1.82) is 0 Å². The molecule has 118 valence electrons. The van der Waals surface area contributed by atoms with E-state index in [-0.39, 0.29) is 11.4 Å². The first-order chi connectivity index (χ1) is 10.9. The maximum Gasteiger partial charge on any atom is 0.350 e. The van der Waals surface area contributed by atoms with Gasteiger partial charge in [-0.2, -0.15) is 4.68 Å². The molecule has 0 radical (unpaired) electrons. The van der Waals surface area contributed by atoms with E-state index >= 15 is 0 Å². The summed E-state index contributed by atoms with van der Waals surface area (Å²) in [7, 11) is 1.41. The van der Waals surface area contributed by atoms with Crippen molar-refractivity contribution < 1.29 is 8.78 Å². The zero-order valence-electron chi connectivity index (χ0n) is 12.3. The number of aromatic nitrogens is 3. The summed E-state index contributed by atoms with van der Waals surface area (Å²) < 4.78 is 30.1. The van der Waals surface area contributed by atoms with Crippen molar-refractivity contribution in [3.05, 3.63) is 69.1 Å². The number of rotatable bonds is 2. The minimum absolute atomic E-state index is 0.0926. The van der Waals surface area contributed by atoms with Crippen LogP contribution in [0.5, 0.6) is 0 Å². The maximum atomic E-state index is 14.0. The summed E-state index contributed by atoms with van der Waals surface area (Å²) in [6, 6.07) is 8.52. The monoisotopic (exact) mass is 335 g/mol. The Morgan fingerprint density at radius 3 is 2.35 bits per heavy atom. The maximum absolute atomic E-state index is 14.0. The van der Waals surface area contributed by atoms with Crippen molar-refractivity contribution in [3.63, 3.8) is 0 Å². The summed E-state index contributed by atoms with van der Waals surface area (Å²) in [4.78, 5) is 12.4. The number of halogens is 3. The summed E-state index contributed by atoms with van der Waals surface area (Å²) in [6.07, 6.45) is 0. The van der Waals surface area contributed by atoms with Gasteiger partial charge >= 0.3 is 5.69 Å². The number of hydrogen-bond acceptors (Lipinski definition) is 2. The molecule has 0 saturated heterocycles. The third-order valence-corrected chi connectivity index (χ3v) is 4.04. The molecule has 0 aliphatic rings. The average Bonchev–Trinajstić information content (AvgIpc) is 2.79. The van der Waals surface area contributed by atoms with Crippen LogP contribution in [0.4, 0.5) is 8.78 Å². The SMILES string of the molecule is Cc1c(Cl)cccc1-n1nc(-c2c(F)cccc2F)n(C)c1=O. The Kier molecular flexibility index (Phi) is 3.77. The molecule has 0 aliphatic carbocycles. The molecule has 0 amide bonds. The van der Waals surface area contributed by atoms with Crippen LogP contribution in [0.2, 0.25) is 5.02 Å². The standard InChI is InChI=1S/C16H12ClF2N3O/c1-9-10(17)5-3-8-13(9)22-16(23)21(2)15(20-22)14-11(18)6-4-7-12(14)19/h3-8H,1-2H3. The highest BCUT2D eigenvalue weighted by molar-refractivity contribution is 6.31. The van der Waals surface area contributed by atoms with Crippen LogP contribution >= 0.6 is 11.6 Å². The first-order valence-corrected chi connectivity index (χ1v) is 7.15. The topological polar surface area (TPSA) is 39.8 Å². The third-order valence-electron chi connectivity index (χ3n) is 3.63. The second-order valence-electron chi connectivity index (χ2n) is 5.06. The minimum Gasteiger partial charge on any atom is -0.278 e. The molecule has 0 N–H and O–H groups in total. The fraction of sp³-hybridized carbons (Fsp3) is 0.125. The van der Waals surface area contributed by atoms with Crippen molar-refractivity contribution in [3.8, 4) is 17.1 Å². The van der Waals surface area contributed by atoms with Crippen LogP contribution in [0.3, 0.4) is 0 Å². The molecular weight excluding hydrogens is 324 g/mol. The first kappa shape index (κ1) is 15.4. The highest BCUT2D eigenvalue weighted by Gasteiger charge is 2.20. The molecule has 1 heterocycles. The zero-order chi connectivity index (χ0) is 16.7. The largest absolute Gasteiger partial charge is 0.350 e. The molecule has 0 spiro atoms. The van der Waals surface area contributed by atoms with E-state index in [2.05, 4.69) is 5.10 Å². The van der Waals surface area contributed by atoms with Crippen LogP contribution in [-0.4, -0.2) is 14.3 Å². The lowest BCUT2D eigenvalue weighted by Gasteiger charge is -2.05. The Balaban J connectivity index is 2.29. The molecule has 23 heavy (non-hydrogen) atoms. The molecule has 7 heteroatoms. The van der Waals surface area contributed by atoms with Crippen LogP contribution in [0.15, 0.2) is 41.2 Å². The Bertz CT molecular complexity index is 942. The van der Waals surface area contributed by atoms with E-state index in [9.17, 15) is 13.6 Å². The van der Waals surface area contributed by atoms with Gasteiger partial charge in [-0.3, -0.25) is 4.57 Å². The number of hydrogen-bond donors (Lipinski definition) is 0. The van der Waals surface area contributed by atoms with Gasteiger partial charge in [0.1, 0.15) is 11.6 Å². The van der Waals surface area contributed by atoms with Crippen LogP contribution in [-0.2, 0) is 7.05 Å².